The van der Waals surface area contributed by atoms with Crippen LogP contribution in [0.5, 0.6) is 0 Å². The molecule has 0 fully saturated rings. The van der Waals surface area contributed by atoms with E-state index >= 15 is 0 Å². The van der Waals surface area contributed by atoms with Gasteiger partial charge in [-0.05, 0) is 43.9 Å². The van der Waals surface area contributed by atoms with E-state index in [1.807, 2.05) is 0 Å². The monoisotopic (exact) mass is 485 g/mol. The maximum Gasteiger partial charge on any atom is 0.422 e. The van der Waals surface area contributed by atoms with E-state index in [0.717, 1.165) is 0 Å². The second-order valence-electron chi connectivity index (χ2n) is 6.54. The Hall–Kier alpha value is -1.92. The molecule has 0 spiro atoms. The van der Waals surface area contributed by atoms with E-state index in [9.17, 15) is 31.7 Å². The first-order valence-electron chi connectivity index (χ1n) is 8.20. The topological polar surface area (TPSA) is 92.6 Å². The fraction of sp³-hybridized carbons (Fsp3) is 0.294. The number of nitrogens with one attached hydrogen (secondary N) is 1. The first kappa shape index (κ1) is 24.4. The molecule has 0 saturated heterocycles. The molecule has 0 aliphatic carbocycles. The van der Waals surface area contributed by atoms with Crippen LogP contribution >= 0.6 is 23.2 Å². The number of nitrogens with zero attached hydrogens (tertiary/aromatic N) is 2. The van der Waals surface area contributed by atoms with Crippen molar-refractivity contribution in [2.45, 2.75) is 17.1 Å². The van der Waals surface area contributed by atoms with Gasteiger partial charge in [0.2, 0.25) is 10.0 Å². The second-order valence-corrected chi connectivity index (χ2v) is 9.07. The molecule has 13 heteroatoms. The Morgan fingerprint density at radius 1 is 1.13 bits per heavy atom. The smallest absolute Gasteiger partial charge is 0.307 e. The van der Waals surface area contributed by atoms with Crippen LogP contribution in [0.3, 0.4) is 0 Å². The van der Waals surface area contributed by atoms with E-state index < -0.39 is 43.3 Å². The predicted octanol–water partition coefficient (Wildman–Crippen LogP) is 4.50. The summed E-state index contributed by atoms with van der Waals surface area (Å²) >= 11 is 11.9. The number of hydrogen-bond acceptors (Lipinski definition) is 5. The minimum absolute atomic E-state index is 0.167. The standard InChI is InChI=1S/C17H16Cl2F3N3O4S/c1-24(2)9-15(10-3-6-13(18)14(19)7-10)23-30(28,29)11-4-5-12(17(20,21)22)16(8-11)25(26)27/h3-8,15,23H,9H2,1-2H3/t15-/m0/s1. The molecule has 0 aliphatic heterocycles. The third-order valence-corrected chi connectivity index (χ3v) is 6.18. The van der Waals surface area contributed by atoms with Crippen molar-refractivity contribution in [1.82, 2.24) is 9.62 Å². The summed E-state index contributed by atoms with van der Waals surface area (Å²) < 4.78 is 66.9. The fourth-order valence-corrected chi connectivity index (χ4v) is 4.17. The minimum Gasteiger partial charge on any atom is -0.307 e. The number of likely N-dealkylation sites (N-methyl/N-ethyl adjacent to an activating group) is 1. The van der Waals surface area contributed by atoms with Crippen molar-refractivity contribution in [2.24, 2.45) is 0 Å². The number of rotatable bonds is 7. The first-order valence-corrected chi connectivity index (χ1v) is 10.4. The number of nitro groups is 1. The van der Waals surface area contributed by atoms with Crippen molar-refractivity contribution in [3.05, 3.63) is 67.7 Å². The number of nitro benzene ring substituents is 1. The summed E-state index contributed by atoms with van der Waals surface area (Å²) in [4.78, 5) is 10.8. The summed E-state index contributed by atoms with van der Waals surface area (Å²) in [5, 5.41) is 11.5. The van der Waals surface area contributed by atoms with E-state index in [1.165, 1.54) is 12.1 Å². The predicted molar refractivity (Wildman–Crippen MR) is 106 cm³/mol. The van der Waals surface area contributed by atoms with Crippen LogP contribution in [-0.4, -0.2) is 38.9 Å². The molecule has 164 valence electrons. The summed E-state index contributed by atoms with van der Waals surface area (Å²) in [6, 6.07) is 5.02. The van der Waals surface area contributed by atoms with Crippen molar-refractivity contribution in [3.63, 3.8) is 0 Å². The summed E-state index contributed by atoms with van der Waals surface area (Å²) in [6.45, 7) is 0.167. The SMILES string of the molecule is CN(C)C[C@H](NS(=O)(=O)c1ccc(C(F)(F)F)c([N+](=O)[O-])c1)c1ccc(Cl)c(Cl)c1. The molecular formula is C17H16Cl2F3N3O4S. The van der Waals surface area contributed by atoms with Gasteiger partial charge in [0.05, 0.1) is 25.9 Å². The van der Waals surface area contributed by atoms with Crippen LogP contribution in [0.15, 0.2) is 41.3 Å². The zero-order chi connectivity index (χ0) is 22.9. The summed E-state index contributed by atoms with van der Waals surface area (Å²) in [5.41, 5.74) is -2.45. The van der Waals surface area contributed by atoms with Gasteiger partial charge < -0.3 is 4.90 Å². The Labute approximate surface area is 180 Å². The van der Waals surface area contributed by atoms with E-state index in [4.69, 9.17) is 23.2 Å². The van der Waals surface area contributed by atoms with Crippen molar-refractivity contribution in [2.75, 3.05) is 20.6 Å². The molecule has 0 bridgehead atoms. The van der Waals surface area contributed by atoms with Gasteiger partial charge in [-0.15, -0.1) is 0 Å². The van der Waals surface area contributed by atoms with E-state index in [1.54, 1.807) is 25.1 Å². The molecule has 0 saturated carbocycles. The molecule has 0 heterocycles. The van der Waals surface area contributed by atoms with Gasteiger partial charge in [-0.25, -0.2) is 13.1 Å². The lowest BCUT2D eigenvalue weighted by Crippen LogP contribution is -2.35. The van der Waals surface area contributed by atoms with Crippen LogP contribution in [0.2, 0.25) is 10.0 Å². The molecule has 0 amide bonds. The maximum atomic E-state index is 13.0. The number of halogens is 5. The van der Waals surface area contributed by atoms with Crippen molar-refractivity contribution in [1.29, 1.82) is 0 Å². The Bertz CT molecular complexity index is 1060. The van der Waals surface area contributed by atoms with Gasteiger partial charge in [-0.1, -0.05) is 29.3 Å². The molecule has 30 heavy (non-hydrogen) atoms. The Morgan fingerprint density at radius 3 is 2.27 bits per heavy atom. The average Bonchev–Trinajstić information content (AvgIpc) is 2.61. The summed E-state index contributed by atoms with van der Waals surface area (Å²) in [6.07, 6.45) is -5.01. The van der Waals surface area contributed by atoms with Crippen LogP contribution in [0.4, 0.5) is 18.9 Å². The molecule has 0 radical (unpaired) electrons. The van der Waals surface area contributed by atoms with Crippen LogP contribution in [0, 0.1) is 10.1 Å². The lowest BCUT2D eigenvalue weighted by Gasteiger charge is -2.23. The lowest BCUT2D eigenvalue weighted by atomic mass is 10.1. The normalized spacial score (nSPS) is 13.5. The molecule has 2 aromatic carbocycles. The van der Waals surface area contributed by atoms with E-state index in [0.29, 0.717) is 23.8 Å². The van der Waals surface area contributed by atoms with Gasteiger partial charge >= 0.3 is 6.18 Å². The fourth-order valence-electron chi connectivity index (χ4n) is 2.63. The summed E-state index contributed by atoms with van der Waals surface area (Å²) in [5.74, 6) is 0. The zero-order valence-corrected chi connectivity index (χ0v) is 17.9. The molecule has 0 aromatic heterocycles. The second kappa shape index (κ2) is 9.06. The Kier molecular flexibility index (Phi) is 7.36. The van der Waals surface area contributed by atoms with Crippen LogP contribution in [0.25, 0.3) is 0 Å². The largest absolute Gasteiger partial charge is 0.422 e. The Morgan fingerprint density at radius 2 is 1.77 bits per heavy atom. The van der Waals surface area contributed by atoms with Gasteiger partial charge in [-0.2, -0.15) is 13.2 Å². The van der Waals surface area contributed by atoms with Gasteiger partial charge in [0, 0.05) is 12.6 Å². The highest BCUT2D eigenvalue weighted by Gasteiger charge is 2.39. The minimum atomic E-state index is -5.01. The quantitative estimate of drug-likeness (QED) is 0.460. The zero-order valence-electron chi connectivity index (χ0n) is 15.6. The van der Waals surface area contributed by atoms with Crippen molar-refractivity contribution in [3.8, 4) is 0 Å². The molecule has 1 N–H and O–H groups in total. The van der Waals surface area contributed by atoms with Crippen LogP contribution < -0.4 is 4.72 Å². The maximum absolute atomic E-state index is 13.0. The van der Waals surface area contributed by atoms with Crippen molar-refractivity contribution < 1.29 is 26.5 Å². The molecule has 1 atom stereocenters. The van der Waals surface area contributed by atoms with Gasteiger partial charge in [0.15, 0.2) is 0 Å². The van der Waals surface area contributed by atoms with E-state index in [-0.39, 0.29) is 16.6 Å². The first-order chi connectivity index (χ1) is 13.7. The highest BCUT2D eigenvalue weighted by atomic mass is 35.5. The number of hydrogen-bond donors (Lipinski definition) is 1. The lowest BCUT2D eigenvalue weighted by molar-refractivity contribution is -0.388. The highest BCUT2D eigenvalue weighted by molar-refractivity contribution is 7.89. The third-order valence-electron chi connectivity index (χ3n) is 3.97. The van der Waals surface area contributed by atoms with E-state index in [2.05, 4.69) is 4.72 Å². The van der Waals surface area contributed by atoms with Crippen molar-refractivity contribution >= 4 is 38.9 Å². The molecule has 7 nitrogen and oxygen atoms in total. The molecule has 2 rings (SSSR count). The van der Waals surface area contributed by atoms with Crippen LogP contribution in [0.1, 0.15) is 17.2 Å². The van der Waals surface area contributed by atoms with Gasteiger partial charge in [0.1, 0.15) is 5.56 Å². The van der Waals surface area contributed by atoms with Gasteiger partial charge in [0.25, 0.3) is 5.69 Å². The molecule has 2 aromatic rings. The summed E-state index contributed by atoms with van der Waals surface area (Å²) in [7, 11) is -1.05. The molecule has 0 unspecified atom stereocenters. The average molecular weight is 486 g/mol. The highest BCUT2D eigenvalue weighted by Crippen LogP contribution is 2.37. The number of benzene rings is 2. The molecule has 0 aliphatic rings. The molecular weight excluding hydrogens is 470 g/mol. The number of alkyl halides is 3. The van der Waals surface area contributed by atoms with Crippen LogP contribution in [-0.2, 0) is 16.2 Å². The third kappa shape index (κ3) is 5.82. The number of sulfonamides is 1. The van der Waals surface area contributed by atoms with Gasteiger partial charge in [-0.3, -0.25) is 10.1 Å². The Balaban J connectivity index is 2.48.